The van der Waals surface area contributed by atoms with Gasteiger partial charge in [-0.2, -0.15) is 0 Å². The Morgan fingerprint density at radius 1 is 1.00 bits per heavy atom. The summed E-state index contributed by atoms with van der Waals surface area (Å²) >= 11 is 0. The van der Waals surface area contributed by atoms with Crippen molar-refractivity contribution in [3.05, 3.63) is 103 Å². The molecule has 0 fully saturated rings. The van der Waals surface area contributed by atoms with Crippen molar-refractivity contribution in [3.8, 4) is 22.3 Å². The number of sulfone groups is 2. The number of pyridine rings is 2. The van der Waals surface area contributed by atoms with Crippen LogP contribution in [0.15, 0.2) is 102 Å². The number of hydrogen-bond acceptors (Lipinski definition) is 6. The Bertz CT molecular complexity index is 1950. The van der Waals surface area contributed by atoms with E-state index in [1.807, 2.05) is 36.4 Å². The Labute approximate surface area is 239 Å². The van der Waals surface area contributed by atoms with Crippen LogP contribution in [0.25, 0.3) is 33.2 Å². The number of rotatable bonds is 7. The minimum absolute atomic E-state index is 0.0800. The molecule has 0 radical (unpaired) electrons. The molecule has 7 nitrogen and oxygen atoms in total. The summed E-state index contributed by atoms with van der Waals surface area (Å²) in [4.78, 5) is 4.48. The first kappa shape index (κ1) is 28.6. The van der Waals surface area contributed by atoms with Crippen molar-refractivity contribution in [3.63, 3.8) is 0 Å². The predicted octanol–water partition coefficient (Wildman–Crippen LogP) is 5.37. The largest absolute Gasteiger partial charge is 0.285 e. The van der Waals surface area contributed by atoms with Gasteiger partial charge in [0.2, 0.25) is 12.4 Å². The molecule has 0 spiro atoms. The van der Waals surface area contributed by atoms with E-state index in [4.69, 9.17) is 0 Å². The Morgan fingerprint density at radius 3 is 2.46 bits per heavy atom. The van der Waals surface area contributed by atoms with Crippen LogP contribution in [0.2, 0.25) is 0 Å². The third kappa shape index (κ3) is 5.80. The minimum Gasteiger partial charge on any atom is -0.285 e. The molecule has 2 aromatic carbocycles. The van der Waals surface area contributed by atoms with Crippen molar-refractivity contribution in [1.29, 1.82) is 0 Å². The van der Waals surface area contributed by atoms with Crippen molar-refractivity contribution in [2.45, 2.75) is 36.1 Å². The van der Waals surface area contributed by atoms with Crippen molar-refractivity contribution in [2.24, 2.45) is 0 Å². The van der Waals surface area contributed by atoms with E-state index in [1.165, 1.54) is 30.7 Å². The Kier molecular flexibility index (Phi) is 7.33. The molecule has 5 rings (SSSR count). The molecule has 1 unspecified atom stereocenters. The molecule has 4 aromatic rings. The van der Waals surface area contributed by atoms with E-state index < -0.39 is 30.6 Å². The van der Waals surface area contributed by atoms with Gasteiger partial charge in [0, 0.05) is 34.6 Å². The maximum atomic E-state index is 13.4. The molecule has 1 N–H and O–H groups in total. The maximum Gasteiger partial charge on any atom is 0.240 e. The fraction of sp³-hybridized carbons (Fsp3) is 0.226. The van der Waals surface area contributed by atoms with Gasteiger partial charge in [-0.05, 0) is 66.4 Å². The molecule has 1 aliphatic carbocycles. The lowest BCUT2D eigenvalue weighted by Crippen LogP contribution is -2.30. The molecular formula is C31H30FN2O5S2+. The summed E-state index contributed by atoms with van der Waals surface area (Å²) in [6.45, 7) is 3.34. The van der Waals surface area contributed by atoms with Gasteiger partial charge in [-0.1, -0.05) is 42.5 Å². The monoisotopic (exact) mass is 593 g/mol. The SMILES string of the molecule is CC(C)(c1cc(-c2cccc(-c3cc(S(=O)(=O)CC4=CCC(F)C=C4)c[n+](O)c3)c2)c2ncccc2c1)S(C)(=O)=O. The van der Waals surface area contributed by atoms with Gasteiger partial charge in [0.05, 0.1) is 21.6 Å². The summed E-state index contributed by atoms with van der Waals surface area (Å²) in [6.07, 6.45) is 8.80. The quantitative estimate of drug-likeness (QED) is 0.228. The predicted molar refractivity (Wildman–Crippen MR) is 157 cm³/mol. The van der Waals surface area contributed by atoms with E-state index in [-0.39, 0.29) is 17.1 Å². The Morgan fingerprint density at radius 2 is 1.76 bits per heavy atom. The van der Waals surface area contributed by atoms with Crippen LogP contribution in [-0.2, 0) is 24.4 Å². The molecule has 2 aromatic heterocycles. The molecule has 41 heavy (non-hydrogen) atoms. The first-order valence-electron chi connectivity index (χ1n) is 12.9. The van der Waals surface area contributed by atoms with Crippen molar-refractivity contribution in [2.75, 3.05) is 12.0 Å². The van der Waals surface area contributed by atoms with E-state index in [1.54, 1.807) is 38.3 Å². The Hall–Kier alpha value is -3.89. The zero-order valence-electron chi connectivity index (χ0n) is 22.8. The summed E-state index contributed by atoms with van der Waals surface area (Å²) in [5.41, 5.74) is 4.36. The van der Waals surface area contributed by atoms with Gasteiger partial charge in [-0.3, -0.25) is 10.2 Å². The lowest BCUT2D eigenvalue weighted by Gasteiger charge is -2.24. The number of halogens is 1. The summed E-state index contributed by atoms with van der Waals surface area (Å²) in [6, 6.07) is 16.2. The maximum absolute atomic E-state index is 13.4. The van der Waals surface area contributed by atoms with Crippen LogP contribution >= 0.6 is 0 Å². The molecule has 10 heteroatoms. The summed E-state index contributed by atoms with van der Waals surface area (Å²) < 4.78 is 64.7. The molecule has 0 saturated heterocycles. The van der Waals surface area contributed by atoms with Crippen molar-refractivity contribution in [1.82, 2.24) is 4.98 Å². The van der Waals surface area contributed by atoms with Gasteiger partial charge in [-0.25, -0.2) is 21.2 Å². The van der Waals surface area contributed by atoms with Gasteiger partial charge in [0.1, 0.15) is 11.1 Å². The third-order valence-corrected chi connectivity index (χ3v) is 11.2. The molecule has 1 aliphatic rings. The summed E-state index contributed by atoms with van der Waals surface area (Å²) in [5, 5.41) is 11.2. The highest BCUT2D eigenvalue weighted by molar-refractivity contribution is 7.91. The molecule has 0 bridgehead atoms. The van der Waals surface area contributed by atoms with Gasteiger partial charge in [-0.15, -0.1) is 0 Å². The highest BCUT2D eigenvalue weighted by Gasteiger charge is 2.33. The van der Waals surface area contributed by atoms with E-state index in [0.29, 0.717) is 32.5 Å². The smallest absolute Gasteiger partial charge is 0.240 e. The zero-order chi connectivity index (χ0) is 29.6. The van der Waals surface area contributed by atoms with Crippen LogP contribution in [0.4, 0.5) is 4.39 Å². The molecule has 2 heterocycles. The van der Waals surface area contributed by atoms with Crippen LogP contribution in [0, 0.1) is 0 Å². The molecule has 212 valence electrons. The van der Waals surface area contributed by atoms with Gasteiger partial charge in [0.15, 0.2) is 19.7 Å². The van der Waals surface area contributed by atoms with E-state index in [0.717, 1.165) is 22.7 Å². The second-order valence-corrected chi connectivity index (χ2v) is 15.3. The number of hydrogen-bond donors (Lipinski definition) is 1. The van der Waals surface area contributed by atoms with Crippen LogP contribution in [-0.4, -0.2) is 45.2 Å². The van der Waals surface area contributed by atoms with Gasteiger partial charge < -0.3 is 0 Å². The second kappa shape index (κ2) is 10.5. The fourth-order valence-electron chi connectivity index (χ4n) is 4.75. The number of allylic oxidation sites excluding steroid dienone is 3. The molecular weight excluding hydrogens is 563 g/mol. The highest BCUT2D eigenvalue weighted by Crippen LogP contribution is 2.37. The second-order valence-electron chi connectivity index (χ2n) is 10.8. The van der Waals surface area contributed by atoms with E-state index in [2.05, 4.69) is 4.98 Å². The van der Waals surface area contributed by atoms with Crippen molar-refractivity contribution < 1.29 is 31.2 Å². The first-order chi connectivity index (χ1) is 19.2. The zero-order valence-corrected chi connectivity index (χ0v) is 24.5. The number of nitrogens with zero attached hydrogens (tertiary/aromatic N) is 2. The standard InChI is InChI=1S/C31H30FN2O5S2/c1-31(2,40(3,36)37)26-15-24-8-5-13-33-30(24)29(17-26)23-7-4-6-22(14-23)25-16-28(19-34(35)18-25)41(38,39)20-21-9-11-27(32)12-10-21/h4-11,13-19,27,35H,12,20H2,1-3H3/q+1. The molecule has 1 atom stereocenters. The fourth-order valence-corrected chi connectivity index (χ4v) is 6.70. The average Bonchev–Trinajstić information content (AvgIpc) is 2.92. The van der Waals surface area contributed by atoms with Crippen LogP contribution < -0.4 is 4.73 Å². The minimum atomic E-state index is -3.85. The number of aromatic nitrogens is 2. The third-order valence-electron chi connectivity index (χ3n) is 7.50. The topological polar surface area (TPSA) is 105 Å². The van der Waals surface area contributed by atoms with Crippen LogP contribution in [0.5, 0.6) is 0 Å². The first-order valence-corrected chi connectivity index (χ1v) is 16.5. The lowest BCUT2D eigenvalue weighted by atomic mass is 9.92. The van der Waals surface area contributed by atoms with Gasteiger partial charge >= 0.3 is 0 Å². The summed E-state index contributed by atoms with van der Waals surface area (Å²) in [5.74, 6) is -0.319. The molecule has 0 amide bonds. The van der Waals surface area contributed by atoms with E-state index >= 15 is 0 Å². The number of benzene rings is 2. The highest BCUT2D eigenvalue weighted by atomic mass is 32.2. The number of fused-ring (bicyclic) bond motifs is 1. The number of alkyl halides is 1. The van der Waals surface area contributed by atoms with Crippen LogP contribution in [0.1, 0.15) is 25.8 Å². The average molecular weight is 594 g/mol. The Balaban J connectivity index is 1.59. The molecule has 0 aliphatic heterocycles. The van der Waals surface area contributed by atoms with Crippen molar-refractivity contribution >= 4 is 30.6 Å². The van der Waals surface area contributed by atoms with Crippen LogP contribution in [0.3, 0.4) is 0 Å². The van der Waals surface area contributed by atoms with Gasteiger partial charge in [0.25, 0.3) is 0 Å². The van der Waals surface area contributed by atoms with E-state index in [9.17, 15) is 26.4 Å². The molecule has 0 saturated carbocycles. The normalized spacial score (nSPS) is 16.1. The summed E-state index contributed by atoms with van der Waals surface area (Å²) in [7, 11) is -7.29. The lowest BCUT2D eigenvalue weighted by molar-refractivity contribution is -0.905.